The first-order valence-electron chi connectivity index (χ1n) is 7.94. The second-order valence-electron chi connectivity index (χ2n) is 5.78. The number of nitrogens with one attached hydrogen (secondary N) is 2. The lowest BCUT2D eigenvalue weighted by molar-refractivity contribution is -0.123. The van der Waals surface area contributed by atoms with Crippen molar-refractivity contribution < 1.29 is 9.53 Å². The Bertz CT molecular complexity index is 665. The van der Waals surface area contributed by atoms with E-state index >= 15 is 0 Å². The number of amides is 1. The molecule has 5 nitrogen and oxygen atoms in total. The fraction of sp³-hybridized carbons (Fsp3) is 0.471. The molecule has 0 spiro atoms. The number of ether oxygens (including phenoxy) is 1. The Balaban J connectivity index is 1.78. The van der Waals surface area contributed by atoms with Crippen LogP contribution in [0.25, 0.3) is 10.9 Å². The third-order valence-corrected chi connectivity index (χ3v) is 4.10. The number of carbonyl (C=O) groups is 1. The van der Waals surface area contributed by atoms with E-state index in [2.05, 4.69) is 34.4 Å². The van der Waals surface area contributed by atoms with Crippen LogP contribution < -0.4 is 10.6 Å². The van der Waals surface area contributed by atoms with Gasteiger partial charge in [0.15, 0.2) is 0 Å². The zero-order chi connectivity index (χ0) is 15.5. The number of nitrogens with zero attached hydrogens (tertiary/aromatic N) is 1. The van der Waals surface area contributed by atoms with E-state index in [4.69, 9.17) is 4.74 Å². The molecule has 118 valence electrons. The van der Waals surface area contributed by atoms with Gasteiger partial charge in [-0.25, -0.2) is 0 Å². The Hall–Kier alpha value is -1.85. The molecule has 1 saturated heterocycles. The highest BCUT2D eigenvalue weighted by molar-refractivity contribution is 5.97. The zero-order valence-corrected chi connectivity index (χ0v) is 13.1. The Labute approximate surface area is 130 Å². The van der Waals surface area contributed by atoms with E-state index in [1.807, 2.05) is 25.1 Å². The molecule has 22 heavy (non-hydrogen) atoms. The van der Waals surface area contributed by atoms with Gasteiger partial charge in [-0.05, 0) is 36.9 Å². The third-order valence-electron chi connectivity index (χ3n) is 4.10. The van der Waals surface area contributed by atoms with Crippen LogP contribution in [0.1, 0.15) is 20.3 Å². The summed E-state index contributed by atoms with van der Waals surface area (Å²) in [5.41, 5.74) is 1.98. The van der Waals surface area contributed by atoms with Gasteiger partial charge in [-0.2, -0.15) is 0 Å². The van der Waals surface area contributed by atoms with Crippen LogP contribution in [0.15, 0.2) is 30.5 Å². The molecule has 1 aromatic carbocycles. The molecule has 2 atom stereocenters. The summed E-state index contributed by atoms with van der Waals surface area (Å²) in [5.74, 6) is -0.0415. The number of carbonyl (C=O) groups excluding carboxylic acids is 1. The van der Waals surface area contributed by atoms with Crippen LogP contribution in [-0.2, 0) is 16.1 Å². The highest BCUT2D eigenvalue weighted by Gasteiger charge is 2.28. The van der Waals surface area contributed by atoms with Gasteiger partial charge in [0.2, 0.25) is 5.91 Å². The molecular formula is C17H23N3O2. The minimum absolute atomic E-state index is 0.0415. The summed E-state index contributed by atoms with van der Waals surface area (Å²) >= 11 is 0. The summed E-state index contributed by atoms with van der Waals surface area (Å²) in [4.78, 5) is 12.4. The molecule has 2 aromatic rings. The third kappa shape index (κ3) is 3.00. The van der Waals surface area contributed by atoms with Crippen LogP contribution in [0.3, 0.4) is 0 Å². The molecule has 5 heteroatoms. The maximum Gasteiger partial charge on any atom is 0.244 e. The monoisotopic (exact) mass is 301 g/mol. The second-order valence-corrected chi connectivity index (χ2v) is 5.78. The standard InChI is InChI=1S/C17H23N3O2/c1-3-8-20-9-6-13-4-5-14(11-15(13)20)19-17(21)16-12(2)22-10-7-18-16/h4-6,9,11-12,16,18H,3,7-8,10H2,1-2H3,(H,19,21)/t12-,16+/m1/s1. The highest BCUT2D eigenvalue weighted by Crippen LogP contribution is 2.21. The topological polar surface area (TPSA) is 55.3 Å². The Morgan fingerprint density at radius 3 is 3.09 bits per heavy atom. The maximum atomic E-state index is 12.4. The van der Waals surface area contributed by atoms with Crippen LogP contribution in [0, 0.1) is 0 Å². The van der Waals surface area contributed by atoms with Gasteiger partial charge in [0.05, 0.1) is 18.2 Å². The van der Waals surface area contributed by atoms with Crippen molar-refractivity contribution in [3.8, 4) is 0 Å². The zero-order valence-electron chi connectivity index (χ0n) is 13.1. The van der Waals surface area contributed by atoms with Gasteiger partial charge >= 0.3 is 0 Å². The van der Waals surface area contributed by atoms with Crippen LogP contribution in [0.4, 0.5) is 5.69 Å². The predicted molar refractivity (Wildman–Crippen MR) is 88.1 cm³/mol. The van der Waals surface area contributed by atoms with Gasteiger partial charge in [0, 0.05) is 25.0 Å². The summed E-state index contributed by atoms with van der Waals surface area (Å²) in [6, 6.07) is 7.84. The van der Waals surface area contributed by atoms with Crippen molar-refractivity contribution in [2.75, 3.05) is 18.5 Å². The van der Waals surface area contributed by atoms with Gasteiger partial charge < -0.3 is 19.9 Å². The number of rotatable bonds is 4. The Morgan fingerprint density at radius 1 is 1.45 bits per heavy atom. The molecule has 2 heterocycles. The lowest BCUT2D eigenvalue weighted by atomic mass is 10.1. The SMILES string of the molecule is CCCn1ccc2ccc(NC(=O)[C@H]3NCCO[C@@H]3C)cc21. The fourth-order valence-corrected chi connectivity index (χ4v) is 2.94. The van der Waals surface area contributed by atoms with E-state index in [9.17, 15) is 4.79 Å². The first kappa shape index (κ1) is 15.1. The van der Waals surface area contributed by atoms with Crippen molar-refractivity contribution in [1.29, 1.82) is 0 Å². The molecule has 0 aliphatic carbocycles. The molecule has 2 N–H and O–H groups in total. The van der Waals surface area contributed by atoms with Crippen molar-refractivity contribution in [2.24, 2.45) is 0 Å². The molecule has 1 amide bonds. The van der Waals surface area contributed by atoms with Crippen molar-refractivity contribution in [2.45, 2.75) is 39.0 Å². The molecule has 1 aliphatic rings. The van der Waals surface area contributed by atoms with E-state index in [0.717, 1.165) is 24.2 Å². The smallest absolute Gasteiger partial charge is 0.244 e. The fourth-order valence-electron chi connectivity index (χ4n) is 2.94. The number of morpholine rings is 1. The number of aryl methyl sites for hydroxylation is 1. The van der Waals surface area contributed by atoms with Crippen molar-refractivity contribution in [3.05, 3.63) is 30.5 Å². The average Bonchev–Trinajstić information content (AvgIpc) is 2.91. The van der Waals surface area contributed by atoms with Crippen LogP contribution >= 0.6 is 0 Å². The van der Waals surface area contributed by atoms with Crippen LogP contribution in [-0.4, -0.2) is 35.8 Å². The average molecular weight is 301 g/mol. The number of anilines is 1. The molecule has 1 aromatic heterocycles. The number of hydrogen-bond donors (Lipinski definition) is 2. The van der Waals surface area contributed by atoms with E-state index in [1.165, 1.54) is 5.39 Å². The van der Waals surface area contributed by atoms with Gasteiger partial charge in [0.1, 0.15) is 6.04 Å². The van der Waals surface area contributed by atoms with Gasteiger partial charge in [-0.1, -0.05) is 13.0 Å². The van der Waals surface area contributed by atoms with E-state index in [-0.39, 0.29) is 18.1 Å². The minimum atomic E-state index is -0.299. The summed E-state index contributed by atoms with van der Waals surface area (Å²) in [6.07, 6.45) is 3.07. The molecular weight excluding hydrogens is 278 g/mol. The molecule has 1 aliphatic heterocycles. The van der Waals surface area contributed by atoms with Gasteiger partial charge in [0.25, 0.3) is 0 Å². The maximum absolute atomic E-state index is 12.4. The molecule has 1 fully saturated rings. The summed E-state index contributed by atoms with van der Waals surface area (Å²) < 4.78 is 7.75. The molecule has 3 rings (SSSR count). The normalized spacial score (nSPS) is 21.9. The number of benzene rings is 1. The van der Waals surface area contributed by atoms with Crippen LogP contribution in [0.2, 0.25) is 0 Å². The van der Waals surface area contributed by atoms with Crippen molar-refractivity contribution in [3.63, 3.8) is 0 Å². The number of fused-ring (bicyclic) bond motifs is 1. The summed E-state index contributed by atoms with van der Waals surface area (Å²) in [6.45, 7) is 6.43. The highest BCUT2D eigenvalue weighted by atomic mass is 16.5. The van der Waals surface area contributed by atoms with Crippen LogP contribution in [0.5, 0.6) is 0 Å². The van der Waals surface area contributed by atoms with Gasteiger partial charge in [-0.15, -0.1) is 0 Å². The lowest BCUT2D eigenvalue weighted by Gasteiger charge is -2.29. The first-order valence-corrected chi connectivity index (χ1v) is 7.94. The first-order chi connectivity index (χ1) is 10.7. The van der Waals surface area contributed by atoms with E-state index in [0.29, 0.717) is 13.2 Å². The van der Waals surface area contributed by atoms with E-state index < -0.39 is 0 Å². The quantitative estimate of drug-likeness (QED) is 0.911. The number of aromatic nitrogens is 1. The molecule has 0 saturated carbocycles. The molecule has 0 unspecified atom stereocenters. The predicted octanol–water partition coefficient (Wildman–Crippen LogP) is 2.37. The van der Waals surface area contributed by atoms with Crippen molar-refractivity contribution in [1.82, 2.24) is 9.88 Å². The van der Waals surface area contributed by atoms with Gasteiger partial charge in [-0.3, -0.25) is 4.79 Å². The molecule has 0 bridgehead atoms. The Kier molecular flexibility index (Phi) is 4.45. The minimum Gasteiger partial charge on any atom is -0.375 e. The Morgan fingerprint density at radius 2 is 2.32 bits per heavy atom. The largest absolute Gasteiger partial charge is 0.375 e. The lowest BCUT2D eigenvalue weighted by Crippen LogP contribution is -2.53. The van der Waals surface area contributed by atoms with Crippen molar-refractivity contribution >= 4 is 22.5 Å². The second kappa shape index (κ2) is 6.50. The molecule has 0 radical (unpaired) electrons. The van der Waals surface area contributed by atoms with E-state index in [1.54, 1.807) is 0 Å². The number of hydrogen-bond acceptors (Lipinski definition) is 3. The summed E-state index contributed by atoms with van der Waals surface area (Å²) in [5, 5.41) is 7.40. The summed E-state index contributed by atoms with van der Waals surface area (Å²) in [7, 11) is 0.